The summed E-state index contributed by atoms with van der Waals surface area (Å²) in [5.41, 5.74) is 1.39. The highest BCUT2D eigenvalue weighted by Crippen LogP contribution is 2.31. The predicted molar refractivity (Wildman–Crippen MR) is 123 cm³/mol. The molecule has 2 aromatic rings. The van der Waals surface area contributed by atoms with Gasteiger partial charge >= 0.3 is 6.03 Å². The molecule has 0 bridgehead atoms. The van der Waals surface area contributed by atoms with E-state index in [2.05, 4.69) is 51.7 Å². The minimum atomic E-state index is -0.000681. The molecule has 1 aromatic carbocycles. The number of carbonyl (C=O) groups is 1. The van der Waals surface area contributed by atoms with Crippen LogP contribution in [0, 0.1) is 0 Å². The number of nitrogens with one attached hydrogen (secondary N) is 1. The van der Waals surface area contributed by atoms with Gasteiger partial charge in [-0.05, 0) is 49.9 Å². The van der Waals surface area contributed by atoms with Gasteiger partial charge in [0.1, 0.15) is 0 Å². The van der Waals surface area contributed by atoms with Crippen molar-refractivity contribution in [3.05, 3.63) is 29.6 Å². The topological polar surface area (TPSA) is 38.8 Å². The Kier molecular flexibility index (Phi) is 8.86. The van der Waals surface area contributed by atoms with Crippen LogP contribution in [0.2, 0.25) is 0 Å². The molecule has 5 nitrogen and oxygen atoms in total. The molecular formula is C21H33ClN4OS. The molecule has 0 aliphatic carbocycles. The average Bonchev–Trinajstić information content (AvgIpc) is 3.14. The zero-order valence-electron chi connectivity index (χ0n) is 17.2. The maximum atomic E-state index is 11.6. The Labute approximate surface area is 179 Å². The Morgan fingerprint density at radius 2 is 1.93 bits per heavy atom. The smallest absolute Gasteiger partial charge is 0.317 e. The molecule has 2 heterocycles. The summed E-state index contributed by atoms with van der Waals surface area (Å²) in [6, 6.07) is 9.13. The van der Waals surface area contributed by atoms with Gasteiger partial charge in [0, 0.05) is 62.1 Å². The van der Waals surface area contributed by atoms with E-state index in [4.69, 9.17) is 0 Å². The zero-order chi connectivity index (χ0) is 19.2. The lowest BCUT2D eigenvalue weighted by Crippen LogP contribution is -2.46. The van der Waals surface area contributed by atoms with E-state index in [1.807, 2.05) is 11.3 Å². The van der Waals surface area contributed by atoms with E-state index >= 15 is 0 Å². The fourth-order valence-electron chi connectivity index (χ4n) is 3.66. The number of carbonyl (C=O) groups excluding carboxylic acids is 1. The number of hydrogen-bond acceptors (Lipinski definition) is 4. The van der Waals surface area contributed by atoms with Crippen molar-refractivity contribution in [2.75, 3.05) is 51.7 Å². The molecule has 1 aliphatic heterocycles. The number of nitrogens with zero attached hydrogens (tertiary/aromatic N) is 3. The van der Waals surface area contributed by atoms with Gasteiger partial charge in [-0.1, -0.05) is 12.5 Å². The molecule has 0 spiro atoms. The van der Waals surface area contributed by atoms with E-state index in [0.717, 1.165) is 45.6 Å². The molecule has 1 unspecified atom stereocenters. The minimum Gasteiger partial charge on any atom is -0.368 e. The van der Waals surface area contributed by atoms with Crippen LogP contribution in [-0.4, -0.2) is 68.7 Å². The van der Waals surface area contributed by atoms with Crippen molar-refractivity contribution in [3.8, 4) is 0 Å². The minimum absolute atomic E-state index is 0. The van der Waals surface area contributed by atoms with E-state index in [0.29, 0.717) is 0 Å². The molecule has 2 amide bonds. The number of piperazine rings is 1. The van der Waals surface area contributed by atoms with E-state index in [9.17, 15) is 4.79 Å². The molecule has 1 fully saturated rings. The Morgan fingerprint density at radius 1 is 1.18 bits per heavy atom. The van der Waals surface area contributed by atoms with Crippen LogP contribution in [0.1, 0.15) is 26.2 Å². The lowest BCUT2D eigenvalue weighted by Gasteiger charge is -2.36. The van der Waals surface area contributed by atoms with Crippen LogP contribution in [0.5, 0.6) is 0 Å². The summed E-state index contributed by atoms with van der Waals surface area (Å²) < 4.78 is 1.38. The first-order valence-corrected chi connectivity index (χ1v) is 10.8. The molecule has 1 N–H and O–H groups in total. The lowest BCUT2D eigenvalue weighted by atomic mass is 10.1. The van der Waals surface area contributed by atoms with Gasteiger partial charge in [0.2, 0.25) is 0 Å². The highest BCUT2D eigenvalue weighted by Gasteiger charge is 2.18. The monoisotopic (exact) mass is 424 g/mol. The van der Waals surface area contributed by atoms with Gasteiger partial charge in [-0.25, -0.2) is 4.79 Å². The van der Waals surface area contributed by atoms with Crippen LogP contribution in [-0.2, 0) is 0 Å². The molecule has 156 valence electrons. The van der Waals surface area contributed by atoms with Gasteiger partial charge < -0.3 is 15.1 Å². The maximum absolute atomic E-state index is 11.6. The van der Waals surface area contributed by atoms with Gasteiger partial charge in [-0.3, -0.25) is 4.90 Å². The number of benzene rings is 1. The van der Waals surface area contributed by atoms with Gasteiger partial charge in [-0.2, -0.15) is 0 Å². The van der Waals surface area contributed by atoms with Crippen LogP contribution in [0.4, 0.5) is 10.5 Å². The largest absolute Gasteiger partial charge is 0.368 e. The molecule has 1 aliphatic rings. The maximum Gasteiger partial charge on any atom is 0.317 e. The van der Waals surface area contributed by atoms with E-state index in [1.54, 1.807) is 19.0 Å². The third-order valence-electron chi connectivity index (χ3n) is 5.32. The first-order valence-electron chi connectivity index (χ1n) is 9.96. The van der Waals surface area contributed by atoms with E-state index in [-0.39, 0.29) is 24.5 Å². The summed E-state index contributed by atoms with van der Waals surface area (Å²) in [6.07, 6.45) is 3.39. The number of urea groups is 1. The van der Waals surface area contributed by atoms with Crippen molar-refractivity contribution in [1.29, 1.82) is 0 Å². The highest BCUT2D eigenvalue weighted by atomic mass is 35.5. The van der Waals surface area contributed by atoms with Crippen molar-refractivity contribution in [2.45, 2.75) is 32.2 Å². The molecule has 3 rings (SSSR count). The summed E-state index contributed by atoms with van der Waals surface area (Å²) in [5, 5.41) is 6.60. The summed E-state index contributed by atoms with van der Waals surface area (Å²) in [6.45, 7) is 7.71. The highest BCUT2D eigenvalue weighted by molar-refractivity contribution is 7.17. The third-order valence-corrected chi connectivity index (χ3v) is 6.21. The van der Waals surface area contributed by atoms with Crippen LogP contribution in [0.25, 0.3) is 10.1 Å². The van der Waals surface area contributed by atoms with Gasteiger partial charge in [0.05, 0.1) is 0 Å². The molecule has 1 aromatic heterocycles. The normalized spacial score (nSPS) is 15.9. The molecule has 0 saturated carbocycles. The van der Waals surface area contributed by atoms with Crippen molar-refractivity contribution in [1.82, 2.24) is 15.1 Å². The number of halogens is 1. The number of hydrogen-bond donors (Lipinski definition) is 1. The number of thiophene rings is 1. The Morgan fingerprint density at radius 3 is 2.64 bits per heavy atom. The van der Waals surface area contributed by atoms with Crippen molar-refractivity contribution >= 4 is 45.5 Å². The zero-order valence-corrected chi connectivity index (χ0v) is 18.8. The quantitative estimate of drug-likeness (QED) is 0.674. The van der Waals surface area contributed by atoms with Crippen LogP contribution < -0.4 is 10.2 Å². The summed E-state index contributed by atoms with van der Waals surface area (Å²) >= 11 is 1.82. The second-order valence-corrected chi connectivity index (χ2v) is 8.63. The molecule has 1 saturated heterocycles. The molecule has 0 radical (unpaired) electrons. The Hall–Kier alpha value is -1.50. The molecule has 28 heavy (non-hydrogen) atoms. The number of anilines is 1. The van der Waals surface area contributed by atoms with Crippen molar-refractivity contribution in [3.63, 3.8) is 0 Å². The predicted octanol–water partition coefficient (Wildman–Crippen LogP) is 4.28. The van der Waals surface area contributed by atoms with Crippen molar-refractivity contribution < 1.29 is 4.79 Å². The number of fused-ring (bicyclic) bond motifs is 1. The van der Waals surface area contributed by atoms with Gasteiger partial charge in [0.25, 0.3) is 0 Å². The molecule has 1 atom stereocenters. The Balaban J connectivity index is 0.00000280. The number of amides is 2. The number of unbranched alkanes of at least 4 members (excludes halogenated alkanes) is 1. The summed E-state index contributed by atoms with van der Waals surface area (Å²) in [7, 11) is 3.56. The second kappa shape index (κ2) is 10.9. The second-order valence-electron chi connectivity index (χ2n) is 7.68. The fraction of sp³-hybridized carbons (Fsp3) is 0.571. The van der Waals surface area contributed by atoms with E-state index in [1.165, 1.54) is 22.2 Å². The average molecular weight is 425 g/mol. The first kappa shape index (κ1) is 22.8. The first-order chi connectivity index (χ1) is 13.0. The lowest BCUT2D eigenvalue weighted by molar-refractivity contribution is 0.212. The number of rotatable bonds is 7. The SMILES string of the molecule is CC(CCCCN1CCN(c2cccc3sccc23)CC1)NC(=O)N(C)C.Cl. The molecular weight excluding hydrogens is 392 g/mol. The van der Waals surface area contributed by atoms with Crippen molar-refractivity contribution in [2.24, 2.45) is 0 Å². The van der Waals surface area contributed by atoms with Crippen LogP contribution in [0.15, 0.2) is 29.6 Å². The van der Waals surface area contributed by atoms with E-state index < -0.39 is 0 Å². The van der Waals surface area contributed by atoms with Gasteiger partial charge in [0.15, 0.2) is 0 Å². The summed E-state index contributed by atoms with van der Waals surface area (Å²) in [4.78, 5) is 18.3. The van der Waals surface area contributed by atoms with Crippen LogP contribution in [0.3, 0.4) is 0 Å². The summed E-state index contributed by atoms with van der Waals surface area (Å²) in [5.74, 6) is 0. The fourth-order valence-corrected chi connectivity index (χ4v) is 4.47. The Bertz CT molecular complexity index is 743. The third kappa shape index (κ3) is 6.00. The van der Waals surface area contributed by atoms with Crippen LogP contribution >= 0.6 is 23.7 Å². The standard InChI is InChI=1S/C21H32N4OS.ClH/c1-17(22-21(26)23(2)3)7-4-5-11-24-12-14-25(15-13-24)19-8-6-9-20-18(19)10-16-27-20;/h6,8-10,16-17H,4-5,7,11-15H2,1-3H3,(H,22,26);1H. The molecule has 7 heteroatoms. The van der Waals surface area contributed by atoms with Gasteiger partial charge in [-0.15, -0.1) is 23.7 Å².